The van der Waals surface area contributed by atoms with Crippen LogP contribution in [0.2, 0.25) is 0 Å². The third-order valence-corrected chi connectivity index (χ3v) is 3.59. The number of nitriles is 1. The van der Waals surface area contributed by atoms with Gasteiger partial charge in [0.25, 0.3) is 0 Å². The van der Waals surface area contributed by atoms with Crippen molar-refractivity contribution in [3.63, 3.8) is 0 Å². The minimum Gasteiger partial charge on any atom is -0.297 e. The Morgan fingerprint density at radius 2 is 2.35 bits per heavy atom. The van der Waals surface area contributed by atoms with Crippen molar-refractivity contribution in [3.05, 3.63) is 29.6 Å². The second-order valence-corrected chi connectivity index (χ2v) is 5.18. The van der Waals surface area contributed by atoms with E-state index in [4.69, 9.17) is 5.26 Å². The van der Waals surface area contributed by atoms with Crippen molar-refractivity contribution in [3.8, 4) is 6.07 Å². The van der Waals surface area contributed by atoms with Crippen LogP contribution < -0.4 is 0 Å². The number of pyridine rings is 1. The Morgan fingerprint density at radius 1 is 1.53 bits per heavy atom. The van der Waals surface area contributed by atoms with Gasteiger partial charge in [-0.3, -0.25) is 9.88 Å². The van der Waals surface area contributed by atoms with Gasteiger partial charge in [0.1, 0.15) is 6.07 Å². The Labute approximate surface area is 103 Å². The Bertz CT molecular complexity index is 402. The first-order valence-electron chi connectivity index (χ1n) is 6.26. The Balaban J connectivity index is 1.91. The van der Waals surface area contributed by atoms with Crippen molar-refractivity contribution >= 4 is 0 Å². The maximum absolute atomic E-state index is 8.71. The van der Waals surface area contributed by atoms with Crippen LogP contribution in [0.3, 0.4) is 0 Å². The summed E-state index contributed by atoms with van der Waals surface area (Å²) >= 11 is 0. The predicted octanol–water partition coefficient (Wildman–Crippen LogP) is 2.43. The molecular weight excluding hydrogens is 210 g/mol. The SMILES string of the molecule is CC(C)C1CCN(Cc2ccc(C#N)cn2)C1. The normalized spacial score (nSPS) is 20.7. The van der Waals surface area contributed by atoms with Crippen LogP contribution >= 0.6 is 0 Å². The highest BCUT2D eigenvalue weighted by Gasteiger charge is 2.24. The van der Waals surface area contributed by atoms with Crippen LogP contribution in [0.15, 0.2) is 18.3 Å². The summed E-state index contributed by atoms with van der Waals surface area (Å²) < 4.78 is 0. The fourth-order valence-corrected chi connectivity index (χ4v) is 2.36. The van der Waals surface area contributed by atoms with E-state index in [1.807, 2.05) is 12.1 Å². The first-order valence-corrected chi connectivity index (χ1v) is 6.26. The van der Waals surface area contributed by atoms with Gasteiger partial charge in [-0.2, -0.15) is 5.26 Å². The molecule has 0 amide bonds. The van der Waals surface area contributed by atoms with E-state index < -0.39 is 0 Å². The minimum atomic E-state index is 0.634. The van der Waals surface area contributed by atoms with Crippen molar-refractivity contribution in [2.45, 2.75) is 26.8 Å². The van der Waals surface area contributed by atoms with Gasteiger partial charge < -0.3 is 0 Å². The molecule has 2 rings (SSSR count). The largest absolute Gasteiger partial charge is 0.297 e. The lowest BCUT2D eigenvalue weighted by atomic mass is 9.95. The van der Waals surface area contributed by atoms with Gasteiger partial charge in [0.2, 0.25) is 0 Å². The lowest BCUT2D eigenvalue weighted by Crippen LogP contribution is -2.22. The van der Waals surface area contributed by atoms with Crippen LogP contribution in [-0.4, -0.2) is 23.0 Å². The highest BCUT2D eigenvalue weighted by atomic mass is 15.1. The van der Waals surface area contributed by atoms with Crippen molar-refractivity contribution in [1.82, 2.24) is 9.88 Å². The summed E-state index contributed by atoms with van der Waals surface area (Å²) in [6.45, 7) is 7.86. The van der Waals surface area contributed by atoms with E-state index >= 15 is 0 Å². The smallest absolute Gasteiger partial charge is 0.101 e. The van der Waals surface area contributed by atoms with Crippen molar-refractivity contribution in [2.24, 2.45) is 11.8 Å². The maximum Gasteiger partial charge on any atom is 0.101 e. The van der Waals surface area contributed by atoms with E-state index in [2.05, 4.69) is 29.8 Å². The number of hydrogen-bond acceptors (Lipinski definition) is 3. The third kappa shape index (κ3) is 3.04. The molecule has 1 aliphatic rings. The van der Waals surface area contributed by atoms with E-state index in [-0.39, 0.29) is 0 Å². The number of nitrogens with zero attached hydrogens (tertiary/aromatic N) is 3. The fourth-order valence-electron chi connectivity index (χ4n) is 2.36. The maximum atomic E-state index is 8.71. The zero-order valence-corrected chi connectivity index (χ0v) is 10.6. The van der Waals surface area contributed by atoms with Crippen LogP contribution in [-0.2, 0) is 6.54 Å². The minimum absolute atomic E-state index is 0.634. The number of likely N-dealkylation sites (tertiary alicyclic amines) is 1. The fraction of sp³-hybridized carbons (Fsp3) is 0.571. The van der Waals surface area contributed by atoms with E-state index in [1.165, 1.54) is 19.5 Å². The average Bonchev–Trinajstić information content (AvgIpc) is 2.79. The first kappa shape index (κ1) is 12.1. The molecule has 0 spiro atoms. The molecule has 0 N–H and O–H groups in total. The molecule has 1 aliphatic heterocycles. The van der Waals surface area contributed by atoms with Crippen molar-refractivity contribution in [1.29, 1.82) is 5.26 Å². The highest BCUT2D eigenvalue weighted by Crippen LogP contribution is 2.24. The molecule has 1 aromatic heterocycles. The average molecular weight is 229 g/mol. The summed E-state index contributed by atoms with van der Waals surface area (Å²) in [5.74, 6) is 1.60. The van der Waals surface area contributed by atoms with Crippen LogP contribution in [0.4, 0.5) is 0 Å². The summed E-state index contributed by atoms with van der Waals surface area (Å²) in [5.41, 5.74) is 1.70. The number of rotatable bonds is 3. The zero-order valence-electron chi connectivity index (χ0n) is 10.6. The number of hydrogen-bond donors (Lipinski definition) is 0. The highest BCUT2D eigenvalue weighted by molar-refractivity contribution is 5.26. The van der Waals surface area contributed by atoms with Crippen molar-refractivity contribution < 1.29 is 0 Å². The molecule has 17 heavy (non-hydrogen) atoms. The molecule has 90 valence electrons. The van der Waals surface area contributed by atoms with Crippen molar-refractivity contribution in [2.75, 3.05) is 13.1 Å². The first-order chi connectivity index (χ1) is 8.19. The molecular formula is C14H19N3. The topological polar surface area (TPSA) is 39.9 Å². The van der Waals surface area contributed by atoms with Gasteiger partial charge in [0.05, 0.1) is 11.3 Å². The van der Waals surface area contributed by atoms with Crippen LogP contribution in [0.25, 0.3) is 0 Å². The summed E-state index contributed by atoms with van der Waals surface area (Å²) in [4.78, 5) is 6.78. The Kier molecular flexibility index (Phi) is 3.75. The summed E-state index contributed by atoms with van der Waals surface area (Å²) in [6, 6.07) is 5.90. The monoisotopic (exact) mass is 229 g/mol. The standard InChI is InChI=1S/C14H19N3/c1-11(2)13-5-6-17(9-13)10-14-4-3-12(7-15)8-16-14/h3-4,8,11,13H,5-6,9-10H2,1-2H3. The molecule has 1 saturated heterocycles. The lowest BCUT2D eigenvalue weighted by molar-refractivity contribution is 0.294. The van der Waals surface area contributed by atoms with Gasteiger partial charge >= 0.3 is 0 Å². The van der Waals surface area contributed by atoms with E-state index in [0.29, 0.717) is 5.56 Å². The molecule has 2 heterocycles. The molecule has 3 nitrogen and oxygen atoms in total. The van der Waals surface area contributed by atoms with E-state index in [0.717, 1.165) is 24.1 Å². The second kappa shape index (κ2) is 5.29. The van der Waals surface area contributed by atoms with Gasteiger partial charge in [-0.25, -0.2) is 0 Å². The van der Waals surface area contributed by atoms with Crippen LogP contribution in [0, 0.1) is 23.2 Å². The second-order valence-electron chi connectivity index (χ2n) is 5.18. The molecule has 1 atom stereocenters. The van der Waals surface area contributed by atoms with E-state index in [1.54, 1.807) is 6.20 Å². The lowest BCUT2D eigenvalue weighted by Gasteiger charge is -2.17. The van der Waals surface area contributed by atoms with E-state index in [9.17, 15) is 0 Å². The molecule has 3 heteroatoms. The summed E-state index contributed by atoms with van der Waals surface area (Å²) in [6.07, 6.45) is 2.96. The molecule has 0 aromatic carbocycles. The zero-order chi connectivity index (χ0) is 12.3. The van der Waals surface area contributed by atoms with Crippen LogP contribution in [0.5, 0.6) is 0 Å². The van der Waals surface area contributed by atoms with Gasteiger partial charge in [0.15, 0.2) is 0 Å². The summed E-state index contributed by atoms with van der Waals surface area (Å²) in [5, 5.41) is 8.71. The quantitative estimate of drug-likeness (QED) is 0.799. The molecule has 0 bridgehead atoms. The van der Waals surface area contributed by atoms with Crippen LogP contribution in [0.1, 0.15) is 31.5 Å². The van der Waals surface area contributed by atoms with Gasteiger partial charge in [-0.1, -0.05) is 13.8 Å². The van der Waals surface area contributed by atoms with Gasteiger partial charge in [-0.15, -0.1) is 0 Å². The summed E-state index contributed by atoms with van der Waals surface area (Å²) in [7, 11) is 0. The molecule has 1 fully saturated rings. The van der Waals surface area contributed by atoms with Gasteiger partial charge in [0, 0.05) is 19.3 Å². The number of aromatic nitrogens is 1. The molecule has 1 unspecified atom stereocenters. The molecule has 0 radical (unpaired) electrons. The predicted molar refractivity (Wildman–Crippen MR) is 67.2 cm³/mol. The Morgan fingerprint density at radius 3 is 2.88 bits per heavy atom. The molecule has 0 aliphatic carbocycles. The molecule has 0 saturated carbocycles. The molecule has 1 aromatic rings. The third-order valence-electron chi connectivity index (χ3n) is 3.59. The van der Waals surface area contributed by atoms with Gasteiger partial charge in [-0.05, 0) is 36.9 Å². The Hall–Kier alpha value is -1.40.